The molecule has 2 heterocycles. The topological polar surface area (TPSA) is 88.0 Å². The quantitative estimate of drug-likeness (QED) is 0.478. The Morgan fingerprint density at radius 2 is 1.87 bits per heavy atom. The van der Waals surface area contributed by atoms with E-state index >= 15 is 0 Å². The van der Waals surface area contributed by atoms with Gasteiger partial charge in [0.2, 0.25) is 0 Å². The maximum absolute atomic E-state index is 12.4. The maximum Gasteiger partial charge on any atom is 0.336 e. The smallest absolute Gasteiger partial charge is 0.336 e. The third-order valence-electron chi connectivity index (χ3n) is 5.26. The number of hydrogen-bond acceptors (Lipinski definition) is 3. The van der Waals surface area contributed by atoms with Crippen molar-refractivity contribution in [2.45, 2.75) is 32.7 Å². The summed E-state index contributed by atoms with van der Waals surface area (Å²) in [7, 11) is 0. The number of imidazole rings is 1. The van der Waals surface area contributed by atoms with Crippen molar-refractivity contribution in [3.05, 3.63) is 88.1 Å². The monoisotopic (exact) mass is 401 g/mol. The van der Waals surface area contributed by atoms with E-state index in [-0.39, 0.29) is 11.1 Å². The molecule has 152 valence electrons. The van der Waals surface area contributed by atoms with Gasteiger partial charge in [0.25, 0.3) is 5.56 Å². The minimum Gasteiger partial charge on any atom is -0.478 e. The van der Waals surface area contributed by atoms with Gasteiger partial charge in [0.15, 0.2) is 0 Å². The molecule has 0 spiro atoms. The second-order valence-electron chi connectivity index (χ2n) is 7.31. The van der Waals surface area contributed by atoms with E-state index in [4.69, 9.17) is 0 Å². The molecular weight excluding hydrogens is 378 g/mol. The van der Waals surface area contributed by atoms with Gasteiger partial charge in [-0.05, 0) is 35.2 Å². The number of carboxylic acid groups (broad SMARTS) is 1. The maximum atomic E-state index is 12.4. The standard InChI is InChI=1S/C24H23N3O3/c1-2-3-8-21-26-20-13-14-25-23(28)22(20)27(21)15-16-9-11-17(12-10-16)18-6-4-5-7-19(18)24(29)30/h4-7,9-14H,2-3,8,15H2,1H3,(H,25,28)(H,29,30). The summed E-state index contributed by atoms with van der Waals surface area (Å²) in [6.07, 6.45) is 4.50. The van der Waals surface area contributed by atoms with Crippen LogP contribution in [0.3, 0.4) is 0 Å². The summed E-state index contributed by atoms with van der Waals surface area (Å²) in [5, 5.41) is 9.44. The van der Waals surface area contributed by atoms with E-state index in [1.54, 1.807) is 18.3 Å². The van der Waals surface area contributed by atoms with Crippen molar-refractivity contribution in [2.24, 2.45) is 0 Å². The molecule has 0 amide bonds. The van der Waals surface area contributed by atoms with Crippen LogP contribution in [-0.4, -0.2) is 25.6 Å². The first-order valence-corrected chi connectivity index (χ1v) is 10.1. The molecule has 30 heavy (non-hydrogen) atoms. The van der Waals surface area contributed by atoms with Crippen LogP contribution >= 0.6 is 0 Å². The lowest BCUT2D eigenvalue weighted by Crippen LogP contribution is -2.13. The number of carbonyl (C=O) groups is 1. The Morgan fingerprint density at radius 1 is 1.10 bits per heavy atom. The molecule has 6 nitrogen and oxygen atoms in total. The zero-order valence-corrected chi connectivity index (χ0v) is 16.8. The molecule has 0 aliphatic carbocycles. The van der Waals surface area contributed by atoms with Crippen LogP contribution in [0.2, 0.25) is 0 Å². The molecule has 2 N–H and O–H groups in total. The molecule has 0 saturated heterocycles. The van der Waals surface area contributed by atoms with Crippen LogP contribution < -0.4 is 5.56 Å². The number of aromatic nitrogens is 3. The molecule has 0 atom stereocenters. The fourth-order valence-corrected chi connectivity index (χ4v) is 3.73. The Morgan fingerprint density at radius 3 is 2.60 bits per heavy atom. The summed E-state index contributed by atoms with van der Waals surface area (Å²) in [5.41, 5.74) is 3.97. The van der Waals surface area contributed by atoms with Crippen molar-refractivity contribution in [1.82, 2.24) is 14.5 Å². The third-order valence-corrected chi connectivity index (χ3v) is 5.26. The number of hydrogen-bond donors (Lipinski definition) is 2. The first-order valence-electron chi connectivity index (χ1n) is 10.1. The molecule has 4 aromatic rings. The van der Waals surface area contributed by atoms with Gasteiger partial charge >= 0.3 is 5.97 Å². The molecule has 0 radical (unpaired) electrons. The van der Waals surface area contributed by atoms with Crippen LogP contribution in [0.1, 0.15) is 41.5 Å². The first-order chi connectivity index (χ1) is 14.6. The molecule has 0 unspecified atom stereocenters. The van der Waals surface area contributed by atoms with Crippen LogP contribution in [0.25, 0.3) is 22.2 Å². The Kier molecular flexibility index (Phi) is 5.48. The zero-order valence-electron chi connectivity index (χ0n) is 16.8. The lowest BCUT2D eigenvalue weighted by molar-refractivity contribution is 0.0697. The van der Waals surface area contributed by atoms with Crippen LogP contribution in [0, 0.1) is 0 Å². The first kappa shape index (κ1) is 19.6. The number of aromatic carboxylic acids is 1. The summed E-state index contributed by atoms with van der Waals surface area (Å²) in [6.45, 7) is 2.66. The highest BCUT2D eigenvalue weighted by atomic mass is 16.4. The van der Waals surface area contributed by atoms with Gasteiger partial charge in [-0.1, -0.05) is 55.8 Å². The highest BCUT2D eigenvalue weighted by Gasteiger charge is 2.14. The molecule has 0 fully saturated rings. The van der Waals surface area contributed by atoms with E-state index < -0.39 is 5.97 Å². The molecule has 2 aromatic heterocycles. The average molecular weight is 401 g/mol. The second-order valence-corrected chi connectivity index (χ2v) is 7.31. The number of nitrogens with zero attached hydrogens (tertiary/aromatic N) is 2. The fraction of sp³-hybridized carbons (Fsp3) is 0.208. The van der Waals surface area contributed by atoms with Gasteiger partial charge in [-0.3, -0.25) is 4.79 Å². The second kappa shape index (κ2) is 8.37. The predicted molar refractivity (Wildman–Crippen MR) is 117 cm³/mol. The number of carboxylic acids is 1. The minimum absolute atomic E-state index is 0.144. The molecule has 4 rings (SSSR count). The predicted octanol–water partition coefficient (Wildman–Crippen LogP) is 4.48. The molecule has 2 aromatic carbocycles. The van der Waals surface area contributed by atoms with Crippen molar-refractivity contribution in [1.29, 1.82) is 0 Å². The molecule has 0 aliphatic rings. The van der Waals surface area contributed by atoms with Crippen molar-refractivity contribution < 1.29 is 9.90 Å². The average Bonchev–Trinajstić information content (AvgIpc) is 3.11. The largest absolute Gasteiger partial charge is 0.478 e. The van der Waals surface area contributed by atoms with Gasteiger partial charge in [0.05, 0.1) is 11.1 Å². The van der Waals surface area contributed by atoms with Crippen LogP contribution in [0.4, 0.5) is 0 Å². The Balaban J connectivity index is 1.70. The lowest BCUT2D eigenvalue weighted by Gasteiger charge is -2.11. The number of rotatable bonds is 7. The van der Waals surface area contributed by atoms with Crippen molar-refractivity contribution in [3.8, 4) is 11.1 Å². The van der Waals surface area contributed by atoms with Crippen LogP contribution in [0.5, 0.6) is 0 Å². The number of H-pyrrole nitrogens is 1. The molecular formula is C24H23N3O3. The molecule has 0 saturated carbocycles. The summed E-state index contributed by atoms with van der Waals surface area (Å²) in [5.74, 6) is -0.0387. The number of pyridine rings is 1. The van der Waals surface area contributed by atoms with E-state index in [0.717, 1.165) is 36.2 Å². The van der Waals surface area contributed by atoms with Crippen LogP contribution in [-0.2, 0) is 13.0 Å². The fourth-order valence-electron chi connectivity index (χ4n) is 3.73. The zero-order chi connectivity index (χ0) is 21.1. The number of fused-ring (bicyclic) bond motifs is 1. The lowest BCUT2D eigenvalue weighted by atomic mass is 9.99. The van der Waals surface area contributed by atoms with Gasteiger partial charge < -0.3 is 14.7 Å². The van der Waals surface area contributed by atoms with Gasteiger partial charge in [-0.25, -0.2) is 9.78 Å². The Hall–Kier alpha value is -3.67. The van der Waals surface area contributed by atoms with E-state index in [1.807, 2.05) is 47.0 Å². The highest BCUT2D eigenvalue weighted by Crippen LogP contribution is 2.25. The SMILES string of the molecule is CCCCc1nc2cc[nH]c(=O)c2n1Cc1ccc(-c2ccccc2C(=O)O)cc1. The number of unbranched alkanes of at least 4 members (excludes halogenated alkanes) is 1. The Bertz CT molecular complexity index is 1250. The number of aryl methyl sites for hydroxylation is 1. The van der Waals surface area contributed by atoms with Crippen molar-refractivity contribution in [2.75, 3.05) is 0 Å². The van der Waals surface area contributed by atoms with E-state index in [9.17, 15) is 14.7 Å². The minimum atomic E-state index is -0.945. The van der Waals surface area contributed by atoms with E-state index in [1.165, 1.54) is 0 Å². The summed E-state index contributed by atoms with van der Waals surface area (Å²) >= 11 is 0. The molecule has 6 heteroatoms. The van der Waals surface area contributed by atoms with E-state index in [0.29, 0.717) is 23.1 Å². The molecule has 0 bridgehead atoms. The van der Waals surface area contributed by atoms with Crippen LogP contribution in [0.15, 0.2) is 65.6 Å². The highest BCUT2D eigenvalue weighted by molar-refractivity contribution is 5.96. The molecule has 0 aliphatic heterocycles. The van der Waals surface area contributed by atoms with E-state index in [2.05, 4.69) is 16.9 Å². The number of benzene rings is 2. The van der Waals surface area contributed by atoms with Gasteiger partial charge in [0, 0.05) is 19.2 Å². The summed E-state index contributed by atoms with van der Waals surface area (Å²) in [6, 6.07) is 16.6. The van der Waals surface area contributed by atoms with Gasteiger partial charge in [0.1, 0.15) is 11.3 Å². The van der Waals surface area contributed by atoms with Crippen molar-refractivity contribution in [3.63, 3.8) is 0 Å². The summed E-state index contributed by atoms with van der Waals surface area (Å²) in [4.78, 5) is 31.4. The van der Waals surface area contributed by atoms with Gasteiger partial charge in [-0.2, -0.15) is 0 Å². The number of nitrogens with one attached hydrogen (secondary N) is 1. The Labute approximate surface area is 173 Å². The third kappa shape index (κ3) is 3.76. The van der Waals surface area contributed by atoms with Gasteiger partial charge in [-0.15, -0.1) is 0 Å². The number of aromatic amines is 1. The normalized spacial score (nSPS) is 11.1. The van der Waals surface area contributed by atoms with Crippen molar-refractivity contribution >= 4 is 17.0 Å². The summed E-state index contributed by atoms with van der Waals surface area (Å²) < 4.78 is 1.99.